The second-order valence-corrected chi connectivity index (χ2v) is 8.10. The van der Waals surface area contributed by atoms with Gasteiger partial charge in [-0.1, -0.05) is 23.7 Å². The molecule has 4 rings (SSSR count). The molecule has 1 fully saturated rings. The predicted molar refractivity (Wildman–Crippen MR) is 122 cm³/mol. The first kappa shape index (κ1) is 21.1. The van der Waals surface area contributed by atoms with Gasteiger partial charge in [-0.25, -0.2) is 9.18 Å². The van der Waals surface area contributed by atoms with Gasteiger partial charge in [-0.2, -0.15) is 9.97 Å². The van der Waals surface area contributed by atoms with E-state index in [1.54, 1.807) is 28.8 Å². The third-order valence-electron chi connectivity index (χ3n) is 5.28. The lowest BCUT2D eigenvalue weighted by Crippen LogP contribution is -2.48. The standard InChI is InChI=1S/C22H24ClFN6O/c1-27(2)21-25-20(26-22(31)30(21)15-16-3-5-17(23)6-4-16)29-13-11-28(12-14-29)19-9-7-18(24)8-10-19/h3-10H,11-15H2,1-2H3. The number of hydrogen-bond donors (Lipinski definition) is 0. The molecule has 0 radical (unpaired) electrons. The molecule has 31 heavy (non-hydrogen) atoms. The molecule has 0 N–H and O–H groups in total. The van der Waals surface area contributed by atoms with Crippen molar-refractivity contribution in [3.63, 3.8) is 0 Å². The Bertz CT molecular complexity index is 1090. The van der Waals surface area contributed by atoms with Gasteiger partial charge in [0, 0.05) is 51.0 Å². The normalized spacial score (nSPS) is 14.1. The minimum atomic E-state index is -0.343. The Kier molecular flexibility index (Phi) is 6.08. The zero-order valence-electron chi connectivity index (χ0n) is 17.5. The molecule has 3 aromatic rings. The topological polar surface area (TPSA) is 57.5 Å². The van der Waals surface area contributed by atoms with E-state index in [0.717, 1.165) is 24.3 Å². The largest absolute Gasteiger partial charge is 0.368 e. The van der Waals surface area contributed by atoms with Crippen LogP contribution < -0.4 is 20.4 Å². The Morgan fingerprint density at radius 1 is 0.935 bits per heavy atom. The van der Waals surface area contributed by atoms with Gasteiger partial charge in [0.1, 0.15) is 5.82 Å². The van der Waals surface area contributed by atoms with E-state index in [4.69, 9.17) is 11.6 Å². The molecular weight excluding hydrogens is 419 g/mol. The van der Waals surface area contributed by atoms with Gasteiger partial charge in [-0.15, -0.1) is 0 Å². The van der Waals surface area contributed by atoms with Crippen LogP contribution in [0.2, 0.25) is 5.02 Å². The zero-order valence-corrected chi connectivity index (χ0v) is 18.3. The molecule has 0 bridgehead atoms. The molecule has 2 heterocycles. The Balaban J connectivity index is 1.53. The van der Waals surface area contributed by atoms with E-state index in [0.29, 0.717) is 36.6 Å². The lowest BCUT2D eigenvalue weighted by molar-refractivity contribution is 0.616. The summed E-state index contributed by atoms with van der Waals surface area (Å²) >= 11 is 5.96. The molecule has 0 aliphatic carbocycles. The summed E-state index contributed by atoms with van der Waals surface area (Å²) in [5.74, 6) is 0.733. The quantitative estimate of drug-likeness (QED) is 0.605. The molecule has 7 nitrogen and oxygen atoms in total. The van der Waals surface area contributed by atoms with Crippen molar-refractivity contribution in [1.82, 2.24) is 14.5 Å². The van der Waals surface area contributed by atoms with Gasteiger partial charge in [0.25, 0.3) is 0 Å². The van der Waals surface area contributed by atoms with Crippen molar-refractivity contribution >= 4 is 29.2 Å². The number of benzene rings is 2. The fraction of sp³-hybridized carbons (Fsp3) is 0.318. The van der Waals surface area contributed by atoms with Crippen LogP contribution >= 0.6 is 11.6 Å². The molecule has 0 amide bonds. The minimum Gasteiger partial charge on any atom is -0.368 e. The maximum atomic E-state index is 13.2. The lowest BCUT2D eigenvalue weighted by atomic mass is 10.2. The highest BCUT2D eigenvalue weighted by Crippen LogP contribution is 2.20. The highest BCUT2D eigenvalue weighted by molar-refractivity contribution is 6.30. The molecule has 2 aromatic carbocycles. The summed E-state index contributed by atoms with van der Waals surface area (Å²) in [6.07, 6.45) is 0. The van der Waals surface area contributed by atoms with Crippen LogP contribution in [-0.2, 0) is 6.54 Å². The second kappa shape index (κ2) is 8.93. The van der Waals surface area contributed by atoms with Crippen molar-refractivity contribution in [1.29, 1.82) is 0 Å². The summed E-state index contributed by atoms with van der Waals surface area (Å²) in [6.45, 7) is 3.18. The maximum Gasteiger partial charge on any atom is 0.353 e. The zero-order chi connectivity index (χ0) is 22.0. The van der Waals surface area contributed by atoms with E-state index in [1.165, 1.54) is 12.1 Å². The van der Waals surface area contributed by atoms with Crippen LogP contribution in [0.25, 0.3) is 0 Å². The number of aromatic nitrogens is 3. The summed E-state index contributed by atoms with van der Waals surface area (Å²) in [7, 11) is 3.72. The van der Waals surface area contributed by atoms with E-state index >= 15 is 0 Å². The van der Waals surface area contributed by atoms with Crippen LogP contribution in [-0.4, -0.2) is 54.8 Å². The SMILES string of the molecule is CN(C)c1nc(N2CCN(c3ccc(F)cc3)CC2)nc(=O)n1Cc1ccc(Cl)cc1. The van der Waals surface area contributed by atoms with Crippen LogP contribution in [0.5, 0.6) is 0 Å². The van der Waals surface area contributed by atoms with Crippen molar-refractivity contribution < 1.29 is 4.39 Å². The molecule has 1 aliphatic rings. The molecule has 9 heteroatoms. The van der Waals surface area contributed by atoms with Crippen LogP contribution in [0.3, 0.4) is 0 Å². The summed E-state index contributed by atoms with van der Waals surface area (Å²) in [6, 6.07) is 13.9. The van der Waals surface area contributed by atoms with Gasteiger partial charge in [0.15, 0.2) is 0 Å². The van der Waals surface area contributed by atoms with Gasteiger partial charge < -0.3 is 14.7 Å². The average Bonchev–Trinajstić information content (AvgIpc) is 2.77. The van der Waals surface area contributed by atoms with E-state index in [-0.39, 0.29) is 11.5 Å². The smallest absolute Gasteiger partial charge is 0.353 e. The van der Waals surface area contributed by atoms with Crippen molar-refractivity contribution in [3.05, 3.63) is 75.4 Å². The number of rotatable bonds is 5. The van der Waals surface area contributed by atoms with E-state index in [2.05, 4.69) is 14.9 Å². The number of piperazine rings is 1. The highest BCUT2D eigenvalue weighted by Gasteiger charge is 2.22. The van der Waals surface area contributed by atoms with Gasteiger partial charge in [0.05, 0.1) is 6.54 Å². The summed E-state index contributed by atoms with van der Waals surface area (Å²) < 4.78 is 14.7. The van der Waals surface area contributed by atoms with E-state index in [9.17, 15) is 9.18 Å². The maximum absolute atomic E-state index is 13.2. The Hall–Kier alpha value is -3.13. The Labute approximate surface area is 185 Å². The second-order valence-electron chi connectivity index (χ2n) is 7.66. The molecule has 0 atom stereocenters. The highest BCUT2D eigenvalue weighted by atomic mass is 35.5. The third-order valence-corrected chi connectivity index (χ3v) is 5.53. The summed E-state index contributed by atoms with van der Waals surface area (Å²) in [5.41, 5.74) is 1.58. The first-order valence-corrected chi connectivity index (χ1v) is 10.4. The summed E-state index contributed by atoms with van der Waals surface area (Å²) in [5, 5.41) is 0.648. The van der Waals surface area contributed by atoms with Crippen molar-refractivity contribution in [3.8, 4) is 0 Å². The molecule has 162 valence electrons. The molecule has 1 saturated heterocycles. The van der Waals surface area contributed by atoms with Crippen LogP contribution in [0, 0.1) is 5.82 Å². The minimum absolute atomic E-state index is 0.244. The number of hydrogen-bond acceptors (Lipinski definition) is 6. The fourth-order valence-corrected chi connectivity index (χ4v) is 3.74. The van der Waals surface area contributed by atoms with E-state index in [1.807, 2.05) is 36.0 Å². The Morgan fingerprint density at radius 3 is 2.16 bits per heavy atom. The predicted octanol–water partition coefficient (Wildman–Crippen LogP) is 2.87. The van der Waals surface area contributed by atoms with Crippen molar-refractivity contribution in [2.75, 3.05) is 55.0 Å². The average molecular weight is 443 g/mol. The van der Waals surface area contributed by atoms with Gasteiger partial charge in [-0.05, 0) is 42.0 Å². The first-order chi connectivity index (χ1) is 14.9. The monoisotopic (exact) mass is 442 g/mol. The Morgan fingerprint density at radius 2 is 1.55 bits per heavy atom. The molecule has 0 unspecified atom stereocenters. The lowest BCUT2D eigenvalue weighted by Gasteiger charge is -2.36. The molecule has 1 aromatic heterocycles. The van der Waals surface area contributed by atoms with E-state index < -0.39 is 0 Å². The third kappa shape index (κ3) is 4.80. The molecule has 0 spiro atoms. The van der Waals surface area contributed by atoms with Crippen LogP contribution in [0.4, 0.5) is 22.0 Å². The number of anilines is 3. The first-order valence-electron chi connectivity index (χ1n) is 10.1. The number of nitrogens with zero attached hydrogens (tertiary/aromatic N) is 6. The van der Waals surface area contributed by atoms with Crippen molar-refractivity contribution in [2.45, 2.75) is 6.54 Å². The fourth-order valence-electron chi connectivity index (χ4n) is 3.62. The summed E-state index contributed by atoms with van der Waals surface area (Å²) in [4.78, 5) is 27.9. The number of halogens is 2. The van der Waals surface area contributed by atoms with Gasteiger partial charge >= 0.3 is 5.69 Å². The van der Waals surface area contributed by atoms with Gasteiger partial charge in [0.2, 0.25) is 11.9 Å². The van der Waals surface area contributed by atoms with Crippen LogP contribution in [0.15, 0.2) is 53.3 Å². The molecule has 1 aliphatic heterocycles. The van der Waals surface area contributed by atoms with Crippen LogP contribution in [0.1, 0.15) is 5.56 Å². The van der Waals surface area contributed by atoms with Gasteiger partial charge in [-0.3, -0.25) is 4.57 Å². The van der Waals surface area contributed by atoms with Crippen molar-refractivity contribution in [2.24, 2.45) is 0 Å². The molecular formula is C22H24ClFN6O. The molecule has 0 saturated carbocycles.